The molecule has 2 heterocycles. The third-order valence-electron chi connectivity index (χ3n) is 5.77. The first-order valence-corrected chi connectivity index (χ1v) is 11.4. The third kappa shape index (κ3) is 4.37. The summed E-state index contributed by atoms with van der Waals surface area (Å²) in [6.07, 6.45) is 3.23. The fourth-order valence-corrected chi connectivity index (χ4v) is 4.83. The zero-order chi connectivity index (χ0) is 23.1. The van der Waals surface area contributed by atoms with E-state index >= 15 is 0 Å². The van der Waals surface area contributed by atoms with Crippen molar-refractivity contribution in [2.75, 3.05) is 11.9 Å². The van der Waals surface area contributed by atoms with Gasteiger partial charge >= 0.3 is 6.09 Å². The van der Waals surface area contributed by atoms with E-state index in [4.69, 9.17) is 27.9 Å². The summed E-state index contributed by atoms with van der Waals surface area (Å²) in [5, 5.41) is 4.17. The number of nitrogens with zero attached hydrogens (tertiary/aromatic N) is 1. The Balaban J connectivity index is 1.82. The average Bonchev–Trinajstić information content (AvgIpc) is 2.98. The normalized spacial score (nSPS) is 20.5. The fraction of sp³-hybridized carbons (Fsp3) is 0.360. The summed E-state index contributed by atoms with van der Waals surface area (Å²) in [5.41, 5.74) is 1.78. The lowest BCUT2D eigenvalue weighted by molar-refractivity contribution is -0.119. The van der Waals surface area contributed by atoms with E-state index in [9.17, 15) is 9.59 Å². The highest BCUT2D eigenvalue weighted by atomic mass is 35.5. The molecule has 0 aromatic heterocycles. The van der Waals surface area contributed by atoms with Crippen LogP contribution in [-0.4, -0.2) is 29.0 Å². The van der Waals surface area contributed by atoms with Gasteiger partial charge in [-0.25, -0.2) is 4.79 Å². The molecule has 0 fully saturated rings. The molecule has 32 heavy (non-hydrogen) atoms. The lowest BCUT2D eigenvalue weighted by atomic mass is 9.69. The molecule has 2 amide bonds. The molecule has 2 aliphatic heterocycles. The van der Waals surface area contributed by atoms with E-state index in [-0.39, 0.29) is 5.91 Å². The van der Waals surface area contributed by atoms with Crippen molar-refractivity contribution in [3.8, 4) is 0 Å². The molecule has 2 aromatic rings. The van der Waals surface area contributed by atoms with Gasteiger partial charge in [0.25, 0.3) is 0 Å². The molecule has 1 atom stereocenters. The van der Waals surface area contributed by atoms with Gasteiger partial charge in [0.1, 0.15) is 11.0 Å². The van der Waals surface area contributed by atoms with E-state index in [1.807, 2.05) is 51.1 Å². The van der Waals surface area contributed by atoms with Crippen molar-refractivity contribution in [2.24, 2.45) is 0 Å². The maximum absolute atomic E-state index is 13.6. The molecule has 1 unspecified atom stereocenters. The van der Waals surface area contributed by atoms with Crippen LogP contribution in [0.25, 0.3) is 0 Å². The Kier molecular flexibility index (Phi) is 5.99. The van der Waals surface area contributed by atoms with Gasteiger partial charge in [0.2, 0.25) is 5.91 Å². The maximum Gasteiger partial charge on any atom is 0.414 e. The number of ether oxygens (including phenoxy) is 1. The minimum atomic E-state index is -0.967. The number of anilines is 1. The van der Waals surface area contributed by atoms with Gasteiger partial charge in [-0.3, -0.25) is 9.69 Å². The Hall–Kier alpha value is -2.50. The van der Waals surface area contributed by atoms with Gasteiger partial charge < -0.3 is 10.1 Å². The van der Waals surface area contributed by atoms with Crippen LogP contribution in [0.2, 0.25) is 10.0 Å². The Morgan fingerprint density at radius 1 is 1.16 bits per heavy atom. The van der Waals surface area contributed by atoms with E-state index in [1.165, 1.54) is 0 Å². The number of fused-ring (bicyclic) bond motifs is 1. The molecule has 0 aliphatic carbocycles. The Bertz CT molecular complexity index is 1110. The number of nitrogens with one attached hydrogen (secondary N) is 1. The molecule has 2 aromatic carbocycles. The zero-order valence-electron chi connectivity index (χ0n) is 18.4. The van der Waals surface area contributed by atoms with Crippen LogP contribution in [0.5, 0.6) is 0 Å². The lowest BCUT2D eigenvalue weighted by Crippen LogP contribution is -2.43. The van der Waals surface area contributed by atoms with Gasteiger partial charge in [-0.15, -0.1) is 0 Å². The minimum absolute atomic E-state index is 0.132. The molecule has 0 saturated carbocycles. The highest BCUT2D eigenvalue weighted by molar-refractivity contribution is 6.31. The van der Waals surface area contributed by atoms with Crippen molar-refractivity contribution in [1.29, 1.82) is 0 Å². The first-order chi connectivity index (χ1) is 15.1. The van der Waals surface area contributed by atoms with Gasteiger partial charge in [-0.05, 0) is 81.0 Å². The minimum Gasteiger partial charge on any atom is -0.443 e. The van der Waals surface area contributed by atoms with Gasteiger partial charge in [-0.1, -0.05) is 41.4 Å². The van der Waals surface area contributed by atoms with E-state index in [1.54, 1.807) is 23.2 Å². The summed E-state index contributed by atoms with van der Waals surface area (Å²) in [5.74, 6) is -0.132. The van der Waals surface area contributed by atoms with Gasteiger partial charge in [-0.2, -0.15) is 0 Å². The second-order valence-electron chi connectivity index (χ2n) is 9.29. The van der Waals surface area contributed by atoms with Crippen LogP contribution >= 0.6 is 23.2 Å². The number of amides is 2. The molecule has 0 saturated heterocycles. The van der Waals surface area contributed by atoms with Crippen LogP contribution < -0.4 is 5.32 Å². The number of carbonyl (C=O) groups excluding carboxylic acids is 2. The molecule has 168 valence electrons. The highest BCUT2D eigenvalue weighted by Gasteiger charge is 2.50. The number of carbonyl (C=O) groups is 2. The molecular formula is C25H26Cl2N2O3. The summed E-state index contributed by atoms with van der Waals surface area (Å²) >= 11 is 12.4. The van der Waals surface area contributed by atoms with Crippen LogP contribution in [0.3, 0.4) is 0 Å². The molecule has 0 bridgehead atoms. The summed E-state index contributed by atoms with van der Waals surface area (Å²) in [6, 6.07) is 13.0. The molecule has 4 rings (SSSR count). The fourth-order valence-electron chi connectivity index (χ4n) is 4.45. The van der Waals surface area contributed by atoms with E-state index in [0.717, 1.165) is 23.1 Å². The third-order valence-corrected chi connectivity index (χ3v) is 6.24. The van der Waals surface area contributed by atoms with E-state index in [0.29, 0.717) is 35.1 Å². The van der Waals surface area contributed by atoms with E-state index in [2.05, 4.69) is 5.32 Å². The molecule has 5 nitrogen and oxygen atoms in total. The second kappa shape index (κ2) is 8.45. The van der Waals surface area contributed by atoms with Crippen molar-refractivity contribution in [3.05, 3.63) is 75.4 Å². The number of benzene rings is 2. The Labute approximate surface area is 198 Å². The zero-order valence-corrected chi connectivity index (χ0v) is 19.9. The van der Waals surface area contributed by atoms with Gasteiger partial charge in [0, 0.05) is 28.5 Å². The van der Waals surface area contributed by atoms with Crippen molar-refractivity contribution in [1.82, 2.24) is 4.90 Å². The van der Waals surface area contributed by atoms with Crippen LogP contribution in [0.1, 0.15) is 44.7 Å². The van der Waals surface area contributed by atoms with Crippen molar-refractivity contribution < 1.29 is 14.3 Å². The van der Waals surface area contributed by atoms with Crippen LogP contribution in [0.4, 0.5) is 10.5 Å². The van der Waals surface area contributed by atoms with Crippen LogP contribution in [0, 0.1) is 0 Å². The quantitative estimate of drug-likeness (QED) is 0.566. The van der Waals surface area contributed by atoms with E-state index < -0.39 is 17.1 Å². The number of hydrogen-bond acceptors (Lipinski definition) is 3. The number of rotatable bonds is 3. The predicted molar refractivity (Wildman–Crippen MR) is 127 cm³/mol. The Morgan fingerprint density at radius 2 is 1.91 bits per heavy atom. The molecular weight excluding hydrogens is 447 g/mol. The van der Waals surface area contributed by atoms with Gasteiger partial charge in [0.15, 0.2) is 0 Å². The maximum atomic E-state index is 13.6. The number of hydrogen-bond donors (Lipinski definition) is 1. The SMILES string of the molecule is CC(C)(C)OC(=O)N1C=C(C2(Cc3cccc(Cl)c3)C(=O)Nc3cc(Cl)ccc32)CCC1. The summed E-state index contributed by atoms with van der Waals surface area (Å²) in [7, 11) is 0. The van der Waals surface area contributed by atoms with Crippen LogP contribution in [-0.2, 0) is 21.4 Å². The largest absolute Gasteiger partial charge is 0.443 e. The molecule has 0 spiro atoms. The smallest absolute Gasteiger partial charge is 0.414 e. The first-order valence-electron chi connectivity index (χ1n) is 10.7. The average molecular weight is 473 g/mol. The topological polar surface area (TPSA) is 58.6 Å². The molecule has 7 heteroatoms. The lowest BCUT2D eigenvalue weighted by Gasteiger charge is -2.36. The van der Waals surface area contributed by atoms with Crippen molar-refractivity contribution >= 4 is 40.9 Å². The van der Waals surface area contributed by atoms with Gasteiger partial charge in [0.05, 0.1) is 0 Å². The Morgan fingerprint density at radius 3 is 2.62 bits per heavy atom. The first kappa shape index (κ1) is 22.7. The number of halogens is 2. The summed E-state index contributed by atoms with van der Waals surface area (Å²) in [4.78, 5) is 27.9. The van der Waals surface area contributed by atoms with Crippen molar-refractivity contribution in [2.45, 2.75) is 51.0 Å². The predicted octanol–water partition coefficient (Wildman–Crippen LogP) is 6.34. The van der Waals surface area contributed by atoms with Crippen LogP contribution in [0.15, 0.2) is 54.2 Å². The molecule has 2 aliphatic rings. The second-order valence-corrected chi connectivity index (χ2v) is 10.2. The summed E-state index contributed by atoms with van der Waals surface area (Å²) in [6.45, 7) is 6.06. The standard InChI is InChI=1S/C25H26Cl2N2O3/c1-24(2,3)32-23(31)29-11-5-7-17(15-29)25(14-16-6-4-8-18(26)12-16)20-10-9-19(27)13-21(20)28-22(25)30/h4,6,8-10,12-13,15H,5,7,11,14H2,1-3H3,(H,28,30). The monoisotopic (exact) mass is 472 g/mol. The molecule has 0 radical (unpaired) electrons. The highest BCUT2D eigenvalue weighted by Crippen LogP contribution is 2.48. The van der Waals surface area contributed by atoms with Crippen molar-refractivity contribution in [3.63, 3.8) is 0 Å². The summed E-state index contributed by atoms with van der Waals surface area (Å²) < 4.78 is 5.57. The molecule has 1 N–H and O–H groups in total.